The van der Waals surface area contributed by atoms with Gasteiger partial charge in [0.2, 0.25) is 5.91 Å². The van der Waals surface area contributed by atoms with Crippen LogP contribution in [0.5, 0.6) is 11.8 Å². The molecule has 5 aromatic rings. The first-order valence-corrected chi connectivity index (χ1v) is 32.8. The van der Waals surface area contributed by atoms with Crippen LogP contribution in [0, 0.1) is 34.4 Å². The summed E-state index contributed by atoms with van der Waals surface area (Å²) < 4.78 is 52.2. The number of nitrogens with one attached hydrogen (secondary N) is 1. The van der Waals surface area contributed by atoms with Gasteiger partial charge in [-0.05, 0) is 129 Å². The summed E-state index contributed by atoms with van der Waals surface area (Å²) in [6, 6.07) is 11.0. The lowest BCUT2D eigenvalue weighted by Gasteiger charge is -2.38. The second-order valence-electron chi connectivity index (χ2n) is 25.4. The number of hydrogen-bond acceptors (Lipinski definition) is 13. The standard InChI is InChI=1S/C64H82ClF2N9O7Si/c1-41(2)84(42(3)4,43(5)6)32-19-48-52(66)15-13-45-33-47(83-40-81-8)35-49(55(45)48)57-56(67)58-50(36-68-57)59(75-24-10-20-63(7,80)37-75)71-61(70-58)82-39-64(21-22-64)38-73-30-28-72(29-31-73)23-9-11-44-16-25-74(26-17-44)60(78)46-12-14-51(65)53(34-46)76-27-18-54(77)69-62(76)79/h12-15,33-36,41-44,80H,9-11,16-18,20-31,37-40H2,1-8H3,(H,69,77,79)/t63-/m1/s1. The highest BCUT2D eigenvalue weighted by Gasteiger charge is 2.46. The van der Waals surface area contributed by atoms with Crippen LogP contribution in [0.2, 0.25) is 21.6 Å². The molecule has 0 radical (unpaired) electrons. The molecule has 4 amide bonds. The van der Waals surface area contributed by atoms with Crippen molar-refractivity contribution in [2.75, 3.05) is 102 Å². The number of likely N-dealkylation sites (tertiary alicyclic amines) is 1. The Morgan fingerprint density at radius 1 is 0.905 bits per heavy atom. The maximum Gasteiger partial charge on any atom is 0.328 e. The monoisotopic (exact) mass is 1190 g/mol. The summed E-state index contributed by atoms with van der Waals surface area (Å²) in [4.78, 5) is 62.8. The van der Waals surface area contributed by atoms with Crippen molar-refractivity contribution in [2.45, 2.75) is 128 Å². The third kappa shape index (κ3) is 13.2. The number of aromatic nitrogens is 3. The van der Waals surface area contributed by atoms with E-state index in [1.165, 1.54) is 18.1 Å². The van der Waals surface area contributed by atoms with Gasteiger partial charge in [-0.25, -0.2) is 13.6 Å². The van der Waals surface area contributed by atoms with Crippen molar-refractivity contribution in [3.8, 4) is 34.5 Å². The van der Waals surface area contributed by atoms with Gasteiger partial charge in [0.25, 0.3) is 5.91 Å². The average Bonchev–Trinajstić information content (AvgIpc) is 1.31. The van der Waals surface area contributed by atoms with Crippen molar-refractivity contribution in [2.24, 2.45) is 11.3 Å². The number of pyridine rings is 1. The van der Waals surface area contributed by atoms with Gasteiger partial charge in [0.05, 0.1) is 33.9 Å². The Labute approximate surface area is 498 Å². The lowest BCUT2D eigenvalue weighted by Crippen LogP contribution is -2.49. The fourth-order valence-corrected chi connectivity index (χ4v) is 19.1. The Kier molecular flexibility index (Phi) is 18.6. The number of carbonyl (C=O) groups is 3. The molecule has 450 valence electrons. The summed E-state index contributed by atoms with van der Waals surface area (Å²) in [5.41, 5.74) is 4.86. The number of piperidine rings is 2. The number of methoxy groups -OCH3 is 1. The summed E-state index contributed by atoms with van der Waals surface area (Å²) >= 11 is 6.45. The third-order valence-electron chi connectivity index (χ3n) is 18.5. The minimum absolute atomic E-state index is 0.00857. The van der Waals surface area contributed by atoms with E-state index < -0.39 is 31.3 Å². The van der Waals surface area contributed by atoms with Gasteiger partial charge in [0.15, 0.2) is 12.6 Å². The number of fused-ring (bicyclic) bond motifs is 2. The van der Waals surface area contributed by atoms with E-state index in [0.29, 0.717) is 111 Å². The van der Waals surface area contributed by atoms with Crippen LogP contribution < -0.4 is 24.6 Å². The second kappa shape index (κ2) is 25.5. The number of anilines is 2. The highest BCUT2D eigenvalue weighted by molar-refractivity contribution is 6.90. The van der Waals surface area contributed by atoms with E-state index in [1.807, 2.05) is 9.80 Å². The first-order valence-electron chi connectivity index (χ1n) is 30.2. The fraction of sp³-hybridized carbons (Fsp3) is 0.562. The Hall–Kier alpha value is -6.01. The maximum absolute atomic E-state index is 17.9. The van der Waals surface area contributed by atoms with Gasteiger partial charge in [-0.15, -0.1) is 5.54 Å². The Bertz CT molecular complexity index is 3310. The number of benzene rings is 3. The molecular weight excluding hydrogens is 1110 g/mol. The van der Waals surface area contributed by atoms with Gasteiger partial charge < -0.3 is 38.9 Å². The summed E-state index contributed by atoms with van der Waals surface area (Å²) in [5.74, 6) is 3.09. The quantitative estimate of drug-likeness (QED) is 0.0456. The number of amides is 4. The first-order chi connectivity index (χ1) is 40.2. The normalized spacial score (nSPS) is 20.1. The van der Waals surface area contributed by atoms with Crippen LogP contribution in [-0.2, 0) is 9.53 Å². The largest absolute Gasteiger partial charge is 0.468 e. The minimum Gasteiger partial charge on any atom is -0.468 e. The molecule has 16 nitrogen and oxygen atoms in total. The smallest absolute Gasteiger partial charge is 0.328 e. The molecule has 5 aliphatic rings. The number of nitrogens with zero attached hydrogens (tertiary/aromatic N) is 8. The van der Waals surface area contributed by atoms with E-state index in [0.717, 1.165) is 77.8 Å². The van der Waals surface area contributed by atoms with Gasteiger partial charge in [0, 0.05) is 107 Å². The molecule has 0 bridgehead atoms. The number of ether oxygens (including phenoxy) is 3. The first kappa shape index (κ1) is 61.1. The number of β-amino-alcohol motifs (C(OH)–C–C–N with tert-alkyl or cyclic N) is 1. The number of piperazine rings is 1. The molecule has 84 heavy (non-hydrogen) atoms. The zero-order valence-electron chi connectivity index (χ0n) is 50.1. The lowest BCUT2D eigenvalue weighted by molar-refractivity contribution is -0.120. The van der Waals surface area contributed by atoms with Crippen LogP contribution in [-0.4, -0.2) is 159 Å². The molecule has 0 unspecified atom stereocenters. The summed E-state index contributed by atoms with van der Waals surface area (Å²) in [7, 11) is -0.809. The van der Waals surface area contributed by atoms with Crippen LogP contribution in [0.4, 0.5) is 25.1 Å². The number of urea groups is 1. The number of carbonyl (C=O) groups excluding carboxylic acids is 3. The van der Waals surface area contributed by atoms with Crippen molar-refractivity contribution < 1.29 is 42.5 Å². The number of rotatable bonds is 19. The molecule has 20 heteroatoms. The van der Waals surface area contributed by atoms with Crippen molar-refractivity contribution in [3.63, 3.8) is 0 Å². The molecular formula is C64H82ClF2N9O7Si. The van der Waals surface area contributed by atoms with E-state index in [-0.39, 0.29) is 66.3 Å². The third-order valence-corrected chi connectivity index (χ3v) is 25.2. The predicted octanol–water partition coefficient (Wildman–Crippen LogP) is 11.2. The topological polar surface area (TPSA) is 166 Å². The Morgan fingerprint density at radius 2 is 1.63 bits per heavy atom. The summed E-state index contributed by atoms with van der Waals surface area (Å²) in [5, 5.41) is 15.4. The molecule has 2 N–H and O–H groups in total. The zero-order chi connectivity index (χ0) is 59.7. The van der Waals surface area contributed by atoms with Gasteiger partial charge in [-0.2, -0.15) is 9.97 Å². The minimum atomic E-state index is -2.33. The molecule has 6 heterocycles. The van der Waals surface area contributed by atoms with Gasteiger partial charge >= 0.3 is 12.0 Å². The molecule has 4 aliphatic heterocycles. The van der Waals surface area contributed by atoms with E-state index in [9.17, 15) is 19.5 Å². The predicted molar refractivity (Wildman–Crippen MR) is 328 cm³/mol. The zero-order valence-corrected chi connectivity index (χ0v) is 51.8. The lowest BCUT2D eigenvalue weighted by atomic mass is 9.91. The number of hydrogen-bond donors (Lipinski definition) is 2. The number of imide groups is 1. The van der Waals surface area contributed by atoms with Crippen molar-refractivity contribution in [1.29, 1.82) is 0 Å². The van der Waals surface area contributed by atoms with Crippen LogP contribution >= 0.6 is 11.6 Å². The van der Waals surface area contributed by atoms with Crippen LogP contribution in [0.25, 0.3) is 32.9 Å². The summed E-state index contributed by atoms with van der Waals surface area (Å²) in [6.45, 7) is 23.5. The SMILES string of the molecule is COCOc1cc(-c2ncc3c(N4CCC[C@@](C)(O)C4)nc(OCC4(CN5CCN(CCCC6CCN(C(=O)c7ccc(Cl)c(N8CCC(=O)NC8=O)c7)CC6)CC5)CC4)nc3c2F)c2c(C#C[Si](C(C)C)(C(C)C)C(C)C)c(F)ccc2c1. The molecule has 1 atom stereocenters. The molecule has 5 fully saturated rings. The number of halogens is 3. The van der Waals surface area contributed by atoms with E-state index in [2.05, 4.69) is 68.1 Å². The number of aliphatic hydroxyl groups is 1. The average molecular weight is 1190 g/mol. The molecule has 0 spiro atoms. The van der Waals surface area contributed by atoms with Gasteiger partial charge in [0.1, 0.15) is 36.7 Å². The molecule has 10 rings (SSSR count). The van der Waals surface area contributed by atoms with Gasteiger partial charge in [-0.3, -0.25) is 24.8 Å². The molecule has 4 saturated heterocycles. The van der Waals surface area contributed by atoms with Crippen LogP contribution in [0.1, 0.15) is 122 Å². The van der Waals surface area contributed by atoms with E-state index in [1.54, 1.807) is 49.5 Å². The second-order valence-corrected chi connectivity index (χ2v) is 31.4. The van der Waals surface area contributed by atoms with Gasteiger partial charge in [-0.1, -0.05) is 65.1 Å². The molecule has 3 aromatic carbocycles. The van der Waals surface area contributed by atoms with Crippen LogP contribution in [0.15, 0.2) is 48.7 Å². The van der Waals surface area contributed by atoms with Crippen LogP contribution in [0.3, 0.4) is 0 Å². The Balaban J connectivity index is 0.808. The molecule has 2 aromatic heterocycles. The van der Waals surface area contributed by atoms with E-state index >= 15 is 8.78 Å². The highest BCUT2D eigenvalue weighted by Crippen LogP contribution is 2.48. The van der Waals surface area contributed by atoms with E-state index in [4.69, 9.17) is 40.8 Å². The van der Waals surface area contributed by atoms with Crippen molar-refractivity contribution >= 4 is 70.7 Å². The summed E-state index contributed by atoms with van der Waals surface area (Å²) in [6.07, 6.45) is 9.12. The van der Waals surface area contributed by atoms with Crippen molar-refractivity contribution in [1.82, 2.24) is 35.0 Å². The van der Waals surface area contributed by atoms with Crippen molar-refractivity contribution in [3.05, 3.63) is 76.4 Å². The fourth-order valence-electron chi connectivity index (χ4n) is 13.7. The molecule has 1 aliphatic carbocycles. The Morgan fingerprint density at radius 3 is 2.31 bits per heavy atom. The molecule has 1 saturated carbocycles. The maximum atomic E-state index is 17.9. The highest BCUT2D eigenvalue weighted by atomic mass is 35.5.